The van der Waals surface area contributed by atoms with Gasteiger partial charge in [-0.3, -0.25) is 4.79 Å². The predicted octanol–water partition coefficient (Wildman–Crippen LogP) is 0.310. The van der Waals surface area contributed by atoms with Gasteiger partial charge >= 0.3 is 0 Å². The average molecular weight is 123 g/mol. The molecule has 0 saturated heterocycles. The average Bonchev–Trinajstić information content (AvgIpc) is 1.87. The molecule has 0 aromatic rings. The molecule has 0 aromatic carbocycles. The molecule has 2 nitrogen and oxygen atoms in total. The van der Waals surface area contributed by atoms with Crippen molar-refractivity contribution >= 4 is 5.91 Å². The van der Waals surface area contributed by atoms with Crippen LogP contribution in [0, 0.1) is 12.3 Å². The van der Waals surface area contributed by atoms with Crippen molar-refractivity contribution in [3.8, 4) is 12.3 Å². The van der Waals surface area contributed by atoms with Crippen LogP contribution in [0.25, 0.3) is 0 Å². The second kappa shape index (κ2) is 3.73. The molecular weight excluding hydrogens is 114 g/mol. The van der Waals surface area contributed by atoms with Gasteiger partial charge in [0.2, 0.25) is 5.91 Å². The molecule has 2 heteroatoms. The number of carbonyl (C=O) groups excluding carboxylic acids is 1. The lowest BCUT2D eigenvalue weighted by Crippen LogP contribution is -2.29. The van der Waals surface area contributed by atoms with Gasteiger partial charge in [0, 0.05) is 0 Å². The number of hydrogen-bond donors (Lipinski definition) is 1. The number of nitrogens with one attached hydrogen (secondary N) is 1. The minimum atomic E-state index is -0.236. The molecule has 1 unspecified atom stereocenters. The molecule has 0 saturated carbocycles. The van der Waals surface area contributed by atoms with Crippen molar-refractivity contribution < 1.29 is 4.79 Å². The SMILES string of the molecule is C#CC(C)NC(=O)C=C. The van der Waals surface area contributed by atoms with E-state index in [-0.39, 0.29) is 11.9 Å². The van der Waals surface area contributed by atoms with Crippen molar-refractivity contribution in [3.05, 3.63) is 12.7 Å². The van der Waals surface area contributed by atoms with Gasteiger partial charge < -0.3 is 5.32 Å². The number of carbonyl (C=O) groups is 1. The highest BCUT2D eigenvalue weighted by molar-refractivity contribution is 5.87. The largest absolute Gasteiger partial charge is 0.339 e. The van der Waals surface area contributed by atoms with Crippen LogP contribution in [0.1, 0.15) is 6.92 Å². The Balaban J connectivity index is 3.62. The molecule has 1 amide bonds. The van der Waals surface area contributed by atoms with Gasteiger partial charge in [-0.2, -0.15) is 0 Å². The van der Waals surface area contributed by atoms with E-state index in [1.807, 2.05) is 0 Å². The zero-order valence-corrected chi connectivity index (χ0v) is 5.35. The van der Waals surface area contributed by atoms with Crippen LogP contribution in [0.2, 0.25) is 0 Å². The maximum absolute atomic E-state index is 10.5. The first-order valence-electron chi connectivity index (χ1n) is 2.59. The first-order valence-corrected chi connectivity index (χ1v) is 2.59. The minimum Gasteiger partial charge on any atom is -0.339 e. The van der Waals surface area contributed by atoms with E-state index in [0.29, 0.717) is 0 Å². The van der Waals surface area contributed by atoms with Crippen LogP contribution in [0.3, 0.4) is 0 Å². The van der Waals surface area contributed by atoms with Crippen molar-refractivity contribution in [1.29, 1.82) is 0 Å². The number of terminal acetylenes is 1. The molecule has 0 aliphatic carbocycles. The Bertz CT molecular complexity index is 155. The first-order chi connectivity index (χ1) is 4.20. The van der Waals surface area contributed by atoms with E-state index >= 15 is 0 Å². The van der Waals surface area contributed by atoms with Crippen molar-refractivity contribution in [2.75, 3.05) is 0 Å². The highest BCUT2D eigenvalue weighted by Gasteiger charge is 1.96. The lowest BCUT2D eigenvalue weighted by atomic mass is 10.3. The topological polar surface area (TPSA) is 29.1 Å². The molecule has 0 aromatic heterocycles. The summed E-state index contributed by atoms with van der Waals surface area (Å²) in [5.41, 5.74) is 0. The van der Waals surface area contributed by atoms with Gasteiger partial charge in [-0.1, -0.05) is 12.5 Å². The van der Waals surface area contributed by atoms with Gasteiger partial charge in [-0.15, -0.1) is 6.42 Å². The van der Waals surface area contributed by atoms with Gasteiger partial charge in [0.25, 0.3) is 0 Å². The van der Waals surface area contributed by atoms with E-state index in [2.05, 4.69) is 17.8 Å². The zero-order valence-electron chi connectivity index (χ0n) is 5.35. The molecule has 9 heavy (non-hydrogen) atoms. The summed E-state index contributed by atoms with van der Waals surface area (Å²) in [6, 6.07) is -0.213. The van der Waals surface area contributed by atoms with Crippen LogP contribution in [-0.4, -0.2) is 11.9 Å². The summed E-state index contributed by atoms with van der Waals surface area (Å²) in [6.45, 7) is 4.99. The lowest BCUT2D eigenvalue weighted by Gasteiger charge is -2.02. The summed E-state index contributed by atoms with van der Waals surface area (Å²) in [4.78, 5) is 10.5. The molecule has 0 spiro atoms. The lowest BCUT2D eigenvalue weighted by molar-refractivity contribution is -0.116. The summed E-state index contributed by atoms with van der Waals surface area (Å²) in [5, 5.41) is 2.49. The number of amides is 1. The fourth-order valence-corrected chi connectivity index (χ4v) is 0.314. The van der Waals surface area contributed by atoms with Gasteiger partial charge in [0.15, 0.2) is 0 Å². The molecule has 0 heterocycles. The summed E-state index contributed by atoms with van der Waals surface area (Å²) in [7, 11) is 0. The molecule has 48 valence electrons. The van der Waals surface area contributed by atoms with E-state index in [0.717, 1.165) is 0 Å². The highest BCUT2D eigenvalue weighted by atomic mass is 16.1. The highest BCUT2D eigenvalue weighted by Crippen LogP contribution is 1.76. The molecule has 0 aliphatic heterocycles. The van der Waals surface area contributed by atoms with Gasteiger partial charge in [-0.25, -0.2) is 0 Å². The summed E-state index contributed by atoms with van der Waals surface area (Å²) >= 11 is 0. The van der Waals surface area contributed by atoms with Crippen LogP contribution >= 0.6 is 0 Å². The third-order valence-corrected chi connectivity index (χ3v) is 0.794. The van der Waals surface area contributed by atoms with Crippen LogP contribution in [0.5, 0.6) is 0 Å². The Morgan fingerprint density at radius 1 is 2.00 bits per heavy atom. The minimum absolute atomic E-state index is 0.213. The maximum atomic E-state index is 10.5. The van der Waals surface area contributed by atoms with Crippen molar-refractivity contribution in [1.82, 2.24) is 5.32 Å². The van der Waals surface area contributed by atoms with Gasteiger partial charge in [-0.05, 0) is 13.0 Å². The van der Waals surface area contributed by atoms with Gasteiger partial charge in [0.05, 0.1) is 6.04 Å². The van der Waals surface area contributed by atoms with Crippen molar-refractivity contribution in [2.24, 2.45) is 0 Å². The van der Waals surface area contributed by atoms with E-state index < -0.39 is 0 Å². The zero-order chi connectivity index (χ0) is 7.28. The number of hydrogen-bond acceptors (Lipinski definition) is 1. The molecule has 0 bridgehead atoms. The van der Waals surface area contributed by atoms with Gasteiger partial charge in [0.1, 0.15) is 0 Å². The standard InChI is InChI=1S/C7H9NO/c1-4-6(3)8-7(9)5-2/h1,5-6H,2H2,3H3,(H,8,9). The smallest absolute Gasteiger partial charge is 0.244 e. The quantitative estimate of drug-likeness (QED) is 0.415. The normalized spacial score (nSPS) is 11.1. The van der Waals surface area contributed by atoms with E-state index in [9.17, 15) is 4.79 Å². The summed E-state index contributed by atoms with van der Waals surface area (Å²) in [6.07, 6.45) is 6.16. The Labute approximate surface area is 54.9 Å². The van der Waals surface area contributed by atoms with Crippen LogP contribution in [0.15, 0.2) is 12.7 Å². The summed E-state index contributed by atoms with van der Waals surface area (Å²) in [5.74, 6) is 2.11. The Morgan fingerprint density at radius 3 is 2.89 bits per heavy atom. The first kappa shape index (κ1) is 7.77. The van der Waals surface area contributed by atoms with E-state index in [1.165, 1.54) is 6.08 Å². The Kier molecular flexibility index (Phi) is 3.22. The molecule has 1 N–H and O–H groups in total. The molecule has 0 rings (SSSR count). The van der Waals surface area contributed by atoms with E-state index in [4.69, 9.17) is 6.42 Å². The molecule has 0 radical (unpaired) electrons. The fourth-order valence-electron chi connectivity index (χ4n) is 0.314. The van der Waals surface area contributed by atoms with E-state index in [1.54, 1.807) is 6.92 Å². The molecule has 0 fully saturated rings. The monoisotopic (exact) mass is 123 g/mol. The van der Waals surface area contributed by atoms with Crippen molar-refractivity contribution in [2.45, 2.75) is 13.0 Å². The van der Waals surface area contributed by atoms with Crippen LogP contribution in [-0.2, 0) is 4.79 Å². The molecule has 1 atom stereocenters. The summed E-state index contributed by atoms with van der Waals surface area (Å²) < 4.78 is 0. The Hall–Kier alpha value is -1.23. The number of rotatable bonds is 2. The second-order valence-corrected chi connectivity index (χ2v) is 1.60. The third kappa shape index (κ3) is 3.36. The molecule has 0 aliphatic rings. The van der Waals surface area contributed by atoms with Crippen molar-refractivity contribution in [3.63, 3.8) is 0 Å². The predicted molar refractivity (Wildman–Crippen MR) is 36.6 cm³/mol. The third-order valence-electron chi connectivity index (χ3n) is 0.794. The van der Waals surface area contributed by atoms with Crippen LogP contribution in [0.4, 0.5) is 0 Å². The fraction of sp³-hybridized carbons (Fsp3) is 0.286. The molecular formula is C7H9NO. The maximum Gasteiger partial charge on any atom is 0.244 e. The Morgan fingerprint density at radius 2 is 2.56 bits per heavy atom. The second-order valence-electron chi connectivity index (χ2n) is 1.60. The van der Waals surface area contributed by atoms with Crippen LogP contribution < -0.4 is 5.32 Å².